The van der Waals surface area contributed by atoms with Crippen LogP contribution in [0.15, 0.2) is 36.2 Å². The van der Waals surface area contributed by atoms with Gasteiger partial charge in [0.2, 0.25) is 0 Å². The Kier molecular flexibility index (Phi) is 3.25. The number of hydrogen-bond donors (Lipinski definition) is 2. The molecule has 1 saturated heterocycles. The lowest BCUT2D eigenvalue weighted by atomic mass is 10.1. The van der Waals surface area contributed by atoms with E-state index in [-0.39, 0.29) is 5.78 Å². The lowest BCUT2D eigenvalue weighted by molar-refractivity contribution is 0.104. The highest BCUT2D eigenvalue weighted by molar-refractivity contribution is 6.04. The van der Waals surface area contributed by atoms with Gasteiger partial charge in [0.1, 0.15) is 5.82 Å². The van der Waals surface area contributed by atoms with Crippen molar-refractivity contribution in [2.45, 2.75) is 13.3 Å². The Morgan fingerprint density at radius 3 is 2.44 bits per heavy atom. The molecule has 0 amide bonds. The highest BCUT2D eigenvalue weighted by Gasteiger charge is 2.07. The van der Waals surface area contributed by atoms with Crippen molar-refractivity contribution in [2.75, 3.05) is 13.1 Å². The quantitative estimate of drug-likeness (QED) is 0.583. The summed E-state index contributed by atoms with van der Waals surface area (Å²) in [4.78, 5) is 11.9. The van der Waals surface area contributed by atoms with Crippen LogP contribution in [-0.4, -0.2) is 18.9 Å². The molecule has 16 heavy (non-hydrogen) atoms. The van der Waals surface area contributed by atoms with Gasteiger partial charge in [-0.15, -0.1) is 0 Å². The summed E-state index contributed by atoms with van der Waals surface area (Å²) in [7, 11) is 0. The summed E-state index contributed by atoms with van der Waals surface area (Å²) in [5.41, 5.74) is 1.89. The van der Waals surface area contributed by atoms with E-state index in [0.717, 1.165) is 36.5 Å². The van der Waals surface area contributed by atoms with Gasteiger partial charge < -0.3 is 10.6 Å². The molecule has 0 aromatic heterocycles. The van der Waals surface area contributed by atoms with Gasteiger partial charge in [0.15, 0.2) is 5.78 Å². The van der Waals surface area contributed by atoms with Gasteiger partial charge in [-0.2, -0.15) is 0 Å². The molecule has 0 atom stereocenters. The Balaban J connectivity index is 2.09. The van der Waals surface area contributed by atoms with Crippen LogP contribution in [0.25, 0.3) is 0 Å². The number of allylic oxidation sites excluding steroid dienone is 1. The topological polar surface area (TPSA) is 41.1 Å². The molecular formula is C13H16N2O. The molecule has 1 aromatic carbocycles. The van der Waals surface area contributed by atoms with Crippen LogP contribution in [-0.2, 0) is 0 Å². The maximum Gasteiger partial charge on any atom is 0.189 e. The van der Waals surface area contributed by atoms with Gasteiger partial charge in [0.25, 0.3) is 0 Å². The van der Waals surface area contributed by atoms with Crippen molar-refractivity contribution in [1.82, 2.24) is 10.6 Å². The first kappa shape index (κ1) is 10.7. The summed E-state index contributed by atoms with van der Waals surface area (Å²) < 4.78 is 0. The molecule has 0 spiro atoms. The molecule has 3 nitrogen and oxygen atoms in total. The van der Waals surface area contributed by atoms with Crippen molar-refractivity contribution < 1.29 is 4.79 Å². The Morgan fingerprint density at radius 2 is 1.81 bits per heavy atom. The van der Waals surface area contributed by atoms with Crippen LogP contribution in [0.2, 0.25) is 0 Å². The average Bonchev–Trinajstić information content (AvgIpc) is 2.31. The SMILES string of the molecule is Cc1ccc(C(=O)C=C2NCCCN2)cc1. The van der Waals surface area contributed by atoms with Crippen molar-refractivity contribution in [3.8, 4) is 0 Å². The van der Waals surface area contributed by atoms with Crippen LogP contribution < -0.4 is 10.6 Å². The third-order valence-corrected chi connectivity index (χ3v) is 2.60. The van der Waals surface area contributed by atoms with E-state index in [4.69, 9.17) is 0 Å². The molecule has 84 valence electrons. The van der Waals surface area contributed by atoms with Crippen LogP contribution in [0.4, 0.5) is 0 Å². The molecule has 0 unspecified atom stereocenters. The van der Waals surface area contributed by atoms with Crippen molar-refractivity contribution in [2.24, 2.45) is 0 Å². The van der Waals surface area contributed by atoms with E-state index in [1.807, 2.05) is 31.2 Å². The smallest absolute Gasteiger partial charge is 0.189 e. The van der Waals surface area contributed by atoms with E-state index in [0.29, 0.717) is 0 Å². The van der Waals surface area contributed by atoms with E-state index in [1.165, 1.54) is 0 Å². The predicted octanol–water partition coefficient (Wildman–Crippen LogP) is 1.60. The highest BCUT2D eigenvalue weighted by atomic mass is 16.1. The number of benzene rings is 1. The molecule has 1 aliphatic heterocycles. The van der Waals surface area contributed by atoms with E-state index in [2.05, 4.69) is 10.6 Å². The maximum absolute atomic E-state index is 11.9. The number of carbonyl (C=O) groups excluding carboxylic acids is 1. The van der Waals surface area contributed by atoms with Crippen LogP contribution in [0.1, 0.15) is 22.3 Å². The number of carbonyl (C=O) groups is 1. The predicted molar refractivity (Wildman–Crippen MR) is 64.2 cm³/mol. The molecule has 0 saturated carbocycles. The number of rotatable bonds is 2. The van der Waals surface area contributed by atoms with Gasteiger partial charge in [-0.3, -0.25) is 4.79 Å². The van der Waals surface area contributed by atoms with Gasteiger partial charge in [0.05, 0.1) is 0 Å². The van der Waals surface area contributed by atoms with Gasteiger partial charge in [-0.05, 0) is 13.3 Å². The Hall–Kier alpha value is -1.77. The fraction of sp³-hybridized carbons (Fsp3) is 0.308. The zero-order valence-electron chi connectivity index (χ0n) is 9.42. The number of hydrogen-bond acceptors (Lipinski definition) is 3. The molecule has 2 N–H and O–H groups in total. The van der Waals surface area contributed by atoms with Crippen LogP contribution in [0.5, 0.6) is 0 Å². The fourth-order valence-corrected chi connectivity index (χ4v) is 1.63. The van der Waals surface area contributed by atoms with Crippen LogP contribution in [0.3, 0.4) is 0 Å². The van der Waals surface area contributed by atoms with Gasteiger partial charge in [-0.25, -0.2) is 0 Å². The normalized spacial score (nSPS) is 14.9. The summed E-state index contributed by atoms with van der Waals surface area (Å²) >= 11 is 0. The molecular weight excluding hydrogens is 200 g/mol. The largest absolute Gasteiger partial charge is 0.372 e. The third-order valence-electron chi connectivity index (χ3n) is 2.60. The fourth-order valence-electron chi connectivity index (χ4n) is 1.63. The van der Waals surface area contributed by atoms with E-state index >= 15 is 0 Å². The first-order chi connectivity index (χ1) is 7.75. The second-order valence-corrected chi connectivity index (χ2v) is 4.00. The summed E-state index contributed by atoms with van der Waals surface area (Å²) in [5.74, 6) is 0.869. The Bertz CT molecular complexity index is 398. The molecule has 1 aromatic rings. The highest BCUT2D eigenvalue weighted by Crippen LogP contribution is 2.05. The third kappa shape index (κ3) is 2.63. The lowest BCUT2D eigenvalue weighted by Gasteiger charge is -2.18. The number of nitrogens with one attached hydrogen (secondary N) is 2. The van der Waals surface area contributed by atoms with Gasteiger partial charge >= 0.3 is 0 Å². The second kappa shape index (κ2) is 4.84. The molecule has 1 fully saturated rings. The lowest BCUT2D eigenvalue weighted by Crippen LogP contribution is -2.35. The molecule has 0 bridgehead atoms. The molecule has 3 heteroatoms. The molecule has 2 rings (SSSR count). The van der Waals surface area contributed by atoms with Gasteiger partial charge in [0, 0.05) is 24.7 Å². The first-order valence-electron chi connectivity index (χ1n) is 5.56. The van der Waals surface area contributed by atoms with Crippen LogP contribution >= 0.6 is 0 Å². The number of aryl methyl sites for hydroxylation is 1. The van der Waals surface area contributed by atoms with Crippen LogP contribution in [0, 0.1) is 6.92 Å². The molecule has 0 radical (unpaired) electrons. The summed E-state index contributed by atoms with van der Waals surface area (Å²) in [5, 5.41) is 6.32. The van der Waals surface area contributed by atoms with Crippen molar-refractivity contribution >= 4 is 5.78 Å². The van der Waals surface area contributed by atoms with E-state index in [1.54, 1.807) is 6.08 Å². The molecule has 0 aliphatic carbocycles. The monoisotopic (exact) mass is 216 g/mol. The summed E-state index contributed by atoms with van der Waals surface area (Å²) in [6.45, 7) is 3.87. The zero-order valence-corrected chi connectivity index (χ0v) is 9.42. The second-order valence-electron chi connectivity index (χ2n) is 4.00. The molecule has 1 aliphatic rings. The van der Waals surface area contributed by atoms with Crippen molar-refractivity contribution in [3.05, 3.63) is 47.3 Å². The minimum atomic E-state index is 0.0388. The van der Waals surface area contributed by atoms with Gasteiger partial charge in [-0.1, -0.05) is 29.8 Å². The maximum atomic E-state index is 11.9. The Morgan fingerprint density at radius 1 is 1.19 bits per heavy atom. The number of ketones is 1. The van der Waals surface area contributed by atoms with Crippen molar-refractivity contribution in [3.63, 3.8) is 0 Å². The molecule has 1 heterocycles. The van der Waals surface area contributed by atoms with E-state index in [9.17, 15) is 4.79 Å². The van der Waals surface area contributed by atoms with E-state index < -0.39 is 0 Å². The summed E-state index contributed by atoms with van der Waals surface area (Å²) in [6, 6.07) is 7.62. The minimum Gasteiger partial charge on any atom is -0.372 e. The summed E-state index contributed by atoms with van der Waals surface area (Å²) in [6.07, 6.45) is 2.72. The standard InChI is InChI=1S/C13H16N2O/c1-10-3-5-11(6-4-10)12(16)9-13-14-7-2-8-15-13/h3-6,9,14-15H,2,7-8H2,1H3. The zero-order chi connectivity index (χ0) is 11.4. The first-order valence-corrected chi connectivity index (χ1v) is 5.56. The Labute approximate surface area is 95.6 Å². The minimum absolute atomic E-state index is 0.0388. The van der Waals surface area contributed by atoms with Crippen molar-refractivity contribution in [1.29, 1.82) is 0 Å². The average molecular weight is 216 g/mol.